The van der Waals surface area contributed by atoms with Crippen LogP contribution in [0.4, 0.5) is 10.8 Å². The van der Waals surface area contributed by atoms with Gasteiger partial charge in [0.1, 0.15) is 5.51 Å². The van der Waals surface area contributed by atoms with Crippen molar-refractivity contribution in [3.8, 4) is 0 Å². The van der Waals surface area contributed by atoms with Crippen LogP contribution in [0.15, 0.2) is 23.7 Å². The lowest BCUT2D eigenvalue weighted by Gasteiger charge is -2.19. The number of aryl methyl sites for hydroxylation is 2. The Hall–Kier alpha value is -1.95. The SMILES string of the molecule is Cc1cc(C)cc(N(C)CC(=O)Nc2nncs2)c1. The van der Waals surface area contributed by atoms with E-state index in [4.69, 9.17) is 0 Å². The van der Waals surface area contributed by atoms with Gasteiger partial charge in [0, 0.05) is 12.7 Å². The molecule has 0 saturated carbocycles. The molecule has 19 heavy (non-hydrogen) atoms. The molecule has 0 saturated heterocycles. The second kappa shape index (κ2) is 5.79. The fraction of sp³-hybridized carbons (Fsp3) is 0.308. The van der Waals surface area contributed by atoms with Crippen LogP contribution in [-0.4, -0.2) is 29.7 Å². The minimum atomic E-state index is -0.0987. The zero-order valence-corrected chi connectivity index (χ0v) is 12.0. The molecule has 100 valence electrons. The van der Waals surface area contributed by atoms with Gasteiger partial charge in [-0.25, -0.2) is 0 Å². The maximum absolute atomic E-state index is 11.9. The lowest BCUT2D eigenvalue weighted by molar-refractivity contribution is -0.114. The summed E-state index contributed by atoms with van der Waals surface area (Å²) in [6, 6.07) is 6.23. The van der Waals surface area contributed by atoms with Crippen molar-refractivity contribution in [2.45, 2.75) is 13.8 Å². The molecular formula is C13H16N4OS. The van der Waals surface area contributed by atoms with E-state index in [9.17, 15) is 4.79 Å². The van der Waals surface area contributed by atoms with Crippen molar-refractivity contribution < 1.29 is 4.79 Å². The highest BCUT2D eigenvalue weighted by molar-refractivity contribution is 7.13. The predicted octanol–water partition coefficient (Wildman–Crippen LogP) is 2.23. The van der Waals surface area contributed by atoms with Gasteiger partial charge in [0.25, 0.3) is 0 Å². The van der Waals surface area contributed by atoms with Gasteiger partial charge in [0.2, 0.25) is 11.0 Å². The van der Waals surface area contributed by atoms with Crippen LogP contribution in [0.25, 0.3) is 0 Å². The quantitative estimate of drug-likeness (QED) is 0.930. The number of carbonyl (C=O) groups excluding carboxylic acids is 1. The van der Waals surface area contributed by atoms with Crippen LogP contribution in [0.5, 0.6) is 0 Å². The summed E-state index contributed by atoms with van der Waals surface area (Å²) in [5.74, 6) is -0.0987. The standard InChI is InChI=1S/C13H16N4OS/c1-9-4-10(2)6-11(5-9)17(3)7-12(18)15-13-16-14-8-19-13/h4-6,8H,7H2,1-3H3,(H,15,16,18). The fourth-order valence-corrected chi connectivity index (χ4v) is 2.33. The Morgan fingerprint density at radius 2 is 2.00 bits per heavy atom. The first-order valence-corrected chi connectivity index (χ1v) is 6.78. The first-order chi connectivity index (χ1) is 9.04. The van der Waals surface area contributed by atoms with E-state index in [1.54, 1.807) is 5.51 Å². The number of nitrogens with zero attached hydrogens (tertiary/aromatic N) is 3. The molecule has 6 heteroatoms. The summed E-state index contributed by atoms with van der Waals surface area (Å²) in [7, 11) is 1.90. The maximum atomic E-state index is 11.9. The Morgan fingerprint density at radius 1 is 1.32 bits per heavy atom. The molecule has 0 unspecified atom stereocenters. The minimum Gasteiger partial charge on any atom is -0.365 e. The number of nitrogens with one attached hydrogen (secondary N) is 1. The zero-order valence-electron chi connectivity index (χ0n) is 11.2. The third kappa shape index (κ3) is 3.75. The highest BCUT2D eigenvalue weighted by atomic mass is 32.1. The molecule has 0 spiro atoms. The molecule has 0 aliphatic heterocycles. The van der Waals surface area contributed by atoms with Gasteiger partial charge in [-0.2, -0.15) is 0 Å². The number of rotatable bonds is 4. The zero-order chi connectivity index (χ0) is 13.8. The number of hydrogen-bond acceptors (Lipinski definition) is 5. The number of hydrogen-bond donors (Lipinski definition) is 1. The van der Waals surface area contributed by atoms with E-state index in [-0.39, 0.29) is 12.5 Å². The average molecular weight is 276 g/mol. The van der Waals surface area contributed by atoms with Crippen molar-refractivity contribution in [2.24, 2.45) is 0 Å². The van der Waals surface area contributed by atoms with Crippen LogP contribution in [-0.2, 0) is 4.79 Å². The van der Waals surface area contributed by atoms with Gasteiger partial charge in [0.05, 0.1) is 6.54 Å². The smallest absolute Gasteiger partial charge is 0.245 e. The van der Waals surface area contributed by atoms with Crippen LogP contribution in [0.2, 0.25) is 0 Å². The first-order valence-electron chi connectivity index (χ1n) is 5.90. The summed E-state index contributed by atoms with van der Waals surface area (Å²) in [4.78, 5) is 13.8. The Labute approximate surface area is 116 Å². The van der Waals surface area contributed by atoms with Gasteiger partial charge >= 0.3 is 0 Å². The summed E-state index contributed by atoms with van der Waals surface area (Å²) < 4.78 is 0. The van der Waals surface area contributed by atoms with Crippen LogP contribution in [0.1, 0.15) is 11.1 Å². The lowest BCUT2D eigenvalue weighted by Crippen LogP contribution is -2.30. The van der Waals surface area contributed by atoms with Crippen molar-refractivity contribution in [2.75, 3.05) is 23.8 Å². The van der Waals surface area contributed by atoms with E-state index in [0.717, 1.165) is 5.69 Å². The molecule has 0 atom stereocenters. The van der Waals surface area contributed by atoms with Gasteiger partial charge < -0.3 is 4.90 Å². The highest BCUT2D eigenvalue weighted by Gasteiger charge is 2.09. The lowest BCUT2D eigenvalue weighted by atomic mass is 10.1. The second-order valence-corrected chi connectivity index (χ2v) is 5.33. The molecule has 5 nitrogen and oxygen atoms in total. The fourth-order valence-electron chi connectivity index (χ4n) is 1.86. The van der Waals surface area contributed by atoms with Crippen molar-refractivity contribution in [3.05, 3.63) is 34.8 Å². The van der Waals surface area contributed by atoms with E-state index in [2.05, 4.69) is 33.7 Å². The Morgan fingerprint density at radius 3 is 2.58 bits per heavy atom. The molecule has 2 aromatic rings. The molecule has 1 aromatic heterocycles. The molecular weight excluding hydrogens is 260 g/mol. The molecule has 0 bridgehead atoms. The van der Waals surface area contributed by atoms with Gasteiger partial charge in [0.15, 0.2) is 0 Å². The van der Waals surface area contributed by atoms with Gasteiger partial charge in [-0.05, 0) is 37.1 Å². The highest BCUT2D eigenvalue weighted by Crippen LogP contribution is 2.17. The van der Waals surface area contributed by atoms with Gasteiger partial charge in [-0.1, -0.05) is 17.4 Å². The summed E-state index contributed by atoms with van der Waals surface area (Å²) in [5, 5.41) is 10.7. The average Bonchev–Trinajstić information content (AvgIpc) is 2.80. The number of likely N-dealkylation sites (N-methyl/N-ethyl adjacent to an activating group) is 1. The van der Waals surface area contributed by atoms with Crippen molar-refractivity contribution >= 4 is 28.1 Å². The van der Waals surface area contributed by atoms with Crippen molar-refractivity contribution in [1.82, 2.24) is 10.2 Å². The summed E-state index contributed by atoms with van der Waals surface area (Å²) in [6.45, 7) is 4.37. The third-order valence-electron chi connectivity index (χ3n) is 2.63. The number of anilines is 2. The molecule has 1 amide bonds. The van der Waals surface area contributed by atoms with Crippen LogP contribution in [0, 0.1) is 13.8 Å². The molecule has 0 fully saturated rings. The molecule has 1 heterocycles. The van der Waals surface area contributed by atoms with E-state index < -0.39 is 0 Å². The molecule has 0 aliphatic rings. The van der Waals surface area contributed by atoms with E-state index >= 15 is 0 Å². The predicted molar refractivity (Wildman–Crippen MR) is 77.7 cm³/mol. The number of benzene rings is 1. The summed E-state index contributed by atoms with van der Waals surface area (Å²) in [5.41, 5.74) is 4.99. The number of aromatic nitrogens is 2. The Balaban J connectivity index is 2.00. The monoisotopic (exact) mass is 276 g/mol. The normalized spacial score (nSPS) is 10.3. The Bertz CT molecular complexity index is 548. The van der Waals surface area contributed by atoms with Crippen molar-refractivity contribution in [3.63, 3.8) is 0 Å². The van der Waals surface area contributed by atoms with E-state index in [0.29, 0.717) is 5.13 Å². The Kier molecular flexibility index (Phi) is 4.11. The van der Waals surface area contributed by atoms with Gasteiger partial charge in [-0.15, -0.1) is 10.2 Å². The van der Waals surface area contributed by atoms with E-state index in [1.165, 1.54) is 22.5 Å². The first kappa shape index (κ1) is 13.5. The molecule has 2 rings (SSSR count). The van der Waals surface area contributed by atoms with E-state index in [1.807, 2.05) is 25.8 Å². The number of carbonyl (C=O) groups is 1. The van der Waals surface area contributed by atoms with Crippen LogP contribution in [0.3, 0.4) is 0 Å². The molecule has 0 radical (unpaired) electrons. The second-order valence-electron chi connectivity index (χ2n) is 4.49. The number of amides is 1. The topological polar surface area (TPSA) is 58.1 Å². The molecule has 0 aliphatic carbocycles. The van der Waals surface area contributed by atoms with Crippen molar-refractivity contribution in [1.29, 1.82) is 0 Å². The molecule has 1 N–H and O–H groups in total. The molecule has 1 aromatic carbocycles. The van der Waals surface area contributed by atoms with Crippen LogP contribution >= 0.6 is 11.3 Å². The third-order valence-corrected chi connectivity index (χ3v) is 3.24. The summed E-state index contributed by atoms with van der Waals surface area (Å²) in [6.07, 6.45) is 0. The van der Waals surface area contributed by atoms with Gasteiger partial charge in [-0.3, -0.25) is 10.1 Å². The minimum absolute atomic E-state index is 0.0987. The summed E-state index contributed by atoms with van der Waals surface area (Å²) >= 11 is 1.31. The maximum Gasteiger partial charge on any atom is 0.245 e. The largest absolute Gasteiger partial charge is 0.365 e. The van der Waals surface area contributed by atoms with Crippen LogP contribution < -0.4 is 10.2 Å².